The number of carbonyl (C=O) groups excluding carboxylic acids is 3. The molecule has 0 N–H and O–H groups in total. The standard InChI is InChI=1S/C69H114O6/c1-4-7-10-13-16-19-22-25-28-30-31-32-33-34-35-36-37-39-41-44-47-50-53-56-59-62-68(71)74-65-66(64-73-67(70)61-58-55-52-49-46-43-40-27-24-21-18-15-12-9-6-3)75-69(72)63-60-57-54-51-48-45-42-38-29-26-23-20-17-14-11-8-5-2/h8-9,11-12,17-18,20-21,26-27,29,40,42,45-46,49,51,54-55,58,66H,4-7,10,13-16,19,22-25,28,30-39,41,43-44,47-48,50,52-53,56-57,59-65H2,1-3H3/b11-8-,12-9-,20-17-,21-18-,29-26-,40-27-,45-42-,49-46-,54-51-,58-55-. The molecule has 0 heterocycles. The van der Waals surface area contributed by atoms with Crippen LogP contribution in [0.1, 0.15) is 278 Å². The molecule has 0 radical (unpaired) electrons. The van der Waals surface area contributed by atoms with E-state index < -0.39 is 18.0 Å². The highest BCUT2D eigenvalue weighted by Gasteiger charge is 2.19. The van der Waals surface area contributed by atoms with Crippen molar-refractivity contribution in [3.63, 3.8) is 0 Å². The average Bonchev–Trinajstić information content (AvgIpc) is 3.41. The Morgan fingerprint density at radius 3 is 0.920 bits per heavy atom. The fourth-order valence-electron chi connectivity index (χ4n) is 8.44. The van der Waals surface area contributed by atoms with Gasteiger partial charge in [-0.15, -0.1) is 0 Å². The predicted molar refractivity (Wildman–Crippen MR) is 325 cm³/mol. The van der Waals surface area contributed by atoms with Gasteiger partial charge in [0.05, 0.1) is 6.42 Å². The molecule has 0 spiro atoms. The molecule has 0 amide bonds. The highest BCUT2D eigenvalue weighted by atomic mass is 16.6. The molecule has 1 unspecified atom stereocenters. The zero-order valence-electron chi connectivity index (χ0n) is 48.8. The number of carbonyl (C=O) groups is 3. The summed E-state index contributed by atoms with van der Waals surface area (Å²) >= 11 is 0. The molecule has 0 saturated carbocycles. The third-order valence-electron chi connectivity index (χ3n) is 13.0. The van der Waals surface area contributed by atoms with Crippen LogP contribution in [0.2, 0.25) is 0 Å². The zero-order chi connectivity index (χ0) is 54.3. The van der Waals surface area contributed by atoms with E-state index in [0.717, 1.165) is 89.9 Å². The monoisotopic (exact) mass is 1040 g/mol. The lowest BCUT2D eigenvalue weighted by atomic mass is 10.0. The normalized spacial score (nSPS) is 12.9. The highest BCUT2D eigenvalue weighted by molar-refractivity contribution is 5.72. The van der Waals surface area contributed by atoms with Crippen molar-refractivity contribution < 1.29 is 28.6 Å². The Morgan fingerprint density at radius 1 is 0.293 bits per heavy atom. The minimum absolute atomic E-state index is 0.112. The molecule has 0 fully saturated rings. The molecule has 75 heavy (non-hydrogen) atoms. The van der Waals surface area contributed by atoms with Gasteiger partial charge >= 0.3 is 17.9 Å². The maximum atomic E-state index is 12.8. The molecule has 0 bridgehead atoms. The van der Waals surface area contributed by atoms with E-state index in [-0.39, 0.29) is 32.0 Å². The second kappa shape index (κ2) is 62.4. The van der Waals surface area contributed by atoms with Crippen LogP contribution in [0.4, 0.5) is 0 Å². The third kappa shape index (κ3) is 60.6. The maximum Gasteiger partial charge on any atom is 0.309 e. The quantitative estimate of drug-likeness (QED) is 0.0261. The number of ether oxygens (including phenoxy) is 3. The Labute approximate surface area is 462 Å². The second-order valence-electron chi connectivity index (χ2n) is 20.2. The first kappa shape index (κ1) is 70.8. The van der Waals surface area contributed by atoms with Gasteiger partial charge in [-0.3, -0.25) is 14.4 Å². The Kier molecular flexibility index (Phi) is 58.9. The lowest BCUT2D eigenvalue weighted by molar-refractivity contribution is -0.166. The molecular formula is C69H114O6. The Bertz CT molecular complexity index is 1570. The lowest BCUT2D eigenvalue weighted by Crippen LogP contribution is -2.30. The van der Waals surface area contributed by atoms with Gasteiger partial charge in [0.2, 0.25) is 0 Å². The van der Waals surface area contributed by atoms with Crippen LogP contribution in [0.5, 0.6) is 0 Å². The lowest BCUT2D eigenvalue weighted by Gasteiger charge is -2.18. The van der Waals surface area contributed by atoms with Gasteiger partial charge in [-0.25, -0.2) is 0 Å². The van der Waals surface area contributed by atoms with E-state index in [2.05, 4.69) is 130 Å². The molecule has 0 aromatic carbocycles. The number of unbranched alkanes of at least 4 members (excludes halogenated alkanes) is 25. The van der Waals surface area contributed by atoms with Gasteiger partial charge in [-0.05, 0) is 83.5 Å². The Morgan fingerprint density at radius 2 is 0.573 bits per heavy atom. The first-order valence-corrected chi connectivity index (χ1v) is 31.0. The molecule has 0 aliphatic carbocycles. The van der Waals surface area contributed by atoms with Gasteiger partial charge in [-0.2, -0.15) is 0 Å². The van der Waals surface area contributed by atoms with Crippen LogP contribution in [0.3, 0.4) is 0 Å². The Balaban J connectivity index is 4.43. The van der Waals surface area contributed by atoms with Gasteiger partial charge < -0.3 is 14.2 Å². The summed E-state index contributed by atoms with van der Waals surface area (Å²) in [6, 6.07) is 0. The number of allylic oxidation sites excluding steroid dienone is 19. The van der Waals surface area contributed by atoms with Crippen molar-refractivity contribution in [3.05, 3.63) is 122 Å². The van der Waals surface area contributed by atoms with Crippen LogP contribution in [-0.2, 0) is 28.6 Å². The molecule has 1 atom stereocenters. The Hall–Kier alpha value is -4.19. The molecule has 0 aromatic heterocycles. The van der Waals surface area contributed by atoms with E-state index in [0.29, 0.717) is 12.8 Å². The van der Waals surface area contributed by atoms with Crippen LogP contribution in [-0.4, -0.2) is 37.2 Å². The SMILES string of the molecule is CC/C=C\C/C=C\C/C=C\C/C=C\C/C=C\CCCC(=O)OC(COC(=O)C/C=C\C/C=C\C/C=C\C/C=C\C/C=C\CC)COC(=O)CCCCCCCCCCCCCCCCCCCCCCCCCCC. The molecular weight excluding hydrogens is 925 g/mol. The maximum absolute atomic E-state index is 12.8. The van der Waals surface area contributed by atoms with Gasteiger partial charge in [0.1, 0.15) is 13.2 Å². The van der Waals surface area contributed by atoms with Crippen molar-refractivity contribution in [2.75, 3.05) is 13.2 Å². The molecule has 426 valence electrons. The van der Waals surface area contributed by atoms with Gasteiger partial charge in [0.15, 0.2) is 6.10 Å². The molecule has 0 aliphatic rings. The van der Waals surface area contributed by atoms with Crippen molar-refractivity contribution in [1.29, 1.82) is 0 Å². The zero-order valence-corrected chi connectivity index (χ0v) is 48.8. The summed E-state index contributed by atoms with van der Waals surface area (Å²) in [5, 5.41) is 0. The summed E-state index contributed by atoms with van der Waals surface area (Å²) < 4.78 is 16.7. The molecule has 6 heteroatoms. The van der Waals surface area contributed by atoms with E-state index in [1.54, 1.807) is 6.08 Å². The van der Waals surface area contributed by atoms with Crippen LogP contribution in [0, 0.1) is 0 Å². The number of hydrogen-bond acceptors (Lipinski definition) is 6. The fourth-order valence-corrected chi connectivity index (χ4v) is 8.44. The first-order chi connectivity index (χ1) is 37.0. The topological polar surface area (TPSA) is 78.9 Å². The first-order valence-electron chi connectivity index (χ1n) is 31.0. The average molecular weight is 1040 g/mol. The summed E-state index contributed by atoms with van der Waals surface area (Å²) in [6.45, 7) is 6.29. The van der Waals surface area contributed by atoms with Crippen molar-refractivity contribution >= 4 is 17.9 Å². The van der Waals surface area contributed by atoms with E-state index >= 15 is 0 Å². The summed E-state index contributed by atoms with van der Waals surface area (Å²) in [4.78, 5) is 38.2. The predicted octanol–water partition coefficient (Wildman–Crippen LogP) is 21.2. The van der Waals surface area contributed by atoms with E-state index in [1.807, 2.05) is 6.08 Å². The van der Waals surface area contributed by atoms with Crippen LogP contribution in [0.25, 0.3) is 0 Å². The van der Waals surface area contributed by atoms with Crippen LogP contribution < -0.4 is 0 Å². The minimum atomic E-state index is -0.850. The third-order valence-corrected chi connectivity index (χ3v) is 13.0. The van der Waals surface area contributed by atoms with Crippen LogP contribution >= 0.6 is 0 Å². The number of rotatable bonds is 55. The molecule has 0 aliphatic heterocycles. The highest BCUT2D eigenvalue weighted by Crippen LogP contribution is 2.17. The molecule has 0 saturated heterocycles. The van der Waals surface area contributed by atoms with Gasteiger partial charge in [-0.1, -0.05) is 296 Å². The van der Waals surface area contributed by atoms with Crippen molar-refractivity contribution in [1.82, 2.24) is 0 Å². The number of esters is 3. The van der Waals surface area contributed by atoms with Crippen molar-refractivity contribution in [2.45, 2.75) is 284 Å². The second-order valence-corrected chi connectivity index (χ2v) is 20.2. The van der Waals surface area contributed by atoms with E-state index in [1.165, 1.54) is 141 Å². The minimum Gasteiger partial charge on any atom is -0.462 e. The molecule has 6 nitrogen and oxygen atoms in total. The van der Waals surface area contributed by atoms with Gasteiger partial charge in [0.25, 0.3) is 0 Å². The molecule has 0 rings (SSSR count). The summed E-state index contributed by atoms with van der Waals surface area (Å²) in [6.07, 6.45) is 86.8. The van der Waals surface area contributed by atoms with Crippen molar-refractivity contribution in [3.8, 4) is 0 Å². The summed E-state index contributed by atoms with van der Waals surface area (Å²) in [7, 11) is 0. The molecule has 0 aromatic rings. The summed E-state index contributed by atoms with van der Waals surface area (Å²) in [5.74, 6) is -1.12. The summed E-state index contributed by atoms with van der Waals surface area (Å²) in [5.41, 5.74) is 0. The van der Waals surface area contributed by atoms with Gasteiger partial charge in [0, 0.05) is 12.8 Å². The fraction of sp³-hybridized carbons (Fsp3) is 0.667. The van der Waals surface area contributed by atoms with Crippen LogP contribution in [0.15, 0.2) is 122 Å². The van der Waals surface area contributed by atoms with Crippen molar-refractivity contribution in [2.24, 2.45) is 0 Å². The smallest absolute Gasteiger partial charge is 0.309 e. The number of hydrogen-bond donors (Lipinski definition) is 0. The largest absolute Gasteiger partial charge is 0.462 e. The van der Waals surface area contributed by atoms with E-state index in [4.69, 9.17) is 14.2 Å². The van der Waals surface area contributed by atoms with E-state index in [9.17, 15) is 14.4 Å².